The fraction of sp³-hybridized carbons (Fsp3) is 0.600. The quantitative estimate of drug-likeness (QED) is 0.764. The molecule has 0 bridgehead atoms. The standard InChI is InChI=1S/C15H23NO3/c1-18-14-6-4-13(5-7-14)15-3-2-8-16(15)9-11-19-12-10-17/h4-7,15,17H,2-3,8-12H2,1H3. The first-order valence-corrected chi connectivity index (χ1v) is 6.91. The van der Waals surface area contributed by atoms with Gasteiger partial charge in [-0.25, -0.2) is 0 Å². The normalized spacial score (nSPS) is 19.8. The second-order valence-corrected chi connectivity index (χ2v) is 4.80. The van der Waals surface area contributed by atoms with Crippen LogP contribution in [0.5, 0.6) is 5.75 Å². The van der Waals surface area contributed by atoms with Gasteiger partial charge in [-0.15, -0.1) is 0 Å². The number of nitrogens with zero attached hydrogens (tertiary/aromatic N) is 1. The smallest absolute Gasteiger partial charge is 0.118 e. The van der Waals surface area contributed by atoms with Gasteiger partial charge in [0.1, 0.15) is 5.75 Å². The molecule has 1 aliphatic heterocycles. The van der Waals surface area contributed by atoms with Crippen molar-refractivity contribution in [2.45, 2.75) is 18.9 Å². The lowest BCUT2D eigenvalue weighted by Gasteiger charge is -2.24. The van der Waals surface area contributed by atoms with Crippen molar-refractivity contribution < 1.29 is 14.6 Å². The molecule has 1 unspecified atom stereocenters. The number of hydrogen-bond donors (Lipinski definition) is 1. The van der Waals surface area contributed by atoms with E-state index in [1.165, 1.54) is 18.4 Å². The highest BCUT2D eigenvalue weighted by Gasteiger charge is 2.25. The number of rotatable bonds is 7. The molecule has 4 heteroatoms. The molecule has 1 fully saturated rings. The lowest BCUT2D eigenvalue weighted by atomic mass is 10.0. The Morgan fingerprint density at radius 3 is 2.74 bits per heavy atom. The van der Waals surface area contributed by atoms with Crippen LogP contribution in [0.15, 0.2) is 24.3 Å². The summed E-state index contributed by atoms with van der Waals surface area (Å²) >= 11 is 0. The molecular weight excluding hydrogens is 242 g/mol. The zero-order valence-corrected chi connectivity index (χ0v) is 11.5. The molecule has 1 aromatic carbocycles. The topological polar surface area (TPSA) is 41.9 Å². The number of aliphatic hydroxyl groups is 1. The number of aliphatic hydroxyl groups excluding tert-OH is 1. The number of likely N-dealkylation sites (tertiary alicyclic amines) is 1. The third kappa shape index (κ3) is 3.93. The van der Waals surface area contributed by atoms with Gasteiger partial charge in [0.15, 0.2) is 0 Å². The molecule has 4 nitrogen and oxygen atoms in total. The zero-order valence-electron chi connectivity index (χ0n) is 11.5. The molecule has 1 heterocycles. The zero-order chi connectivity index (χ0) is 13.5. The fourth-order valence-corrected chi connectivity index (χ4v) is 2.65. The van der Waals surface area contributed by atoms with Crippen LogP contribution in [0, 0.1) is 0 Å². The van der Waals surface area contributed by atoms with E-state index in [0.29, 0.717) is 19.3 Å². The second-order valence-electron chi connectivity index (χ2n) is 4.80. The van der Waals surface area contributed by atoms with Gasteiger partial charge in [0.2, 0.25) is 0 Å². The molecule has 106 valence electrons. The van der Waals surface area contributed by atoms with E-state index in [0.717, 1.165) is 18.8 Å². The molecule has 0 aromatic heterocycles. The predicted octanol–water partition coefficient (Wildman–Crippen LogP) is 1.84. The summed E-state index contributed by atoms with van der Waals surface area (Å²) in [5, 5.41) is 8.69. The van der Waals surface area contributed by atoms with Crippen molar-refractivity contribution in [1.82, 2.24) is 4.90 Å². The molecule has 2 rings (SSSR count). The number of methoxy groups -OCH3 is 1. The van der Waals surface area contributed by atoms with E-state index in [4.69, 9.17) is 14.6 Å². The highest BCUT2D eigenvalue weighted by Crippen LogP contribution is 2.32. The Morgan fingerprint density at radius 2 is 2.05 bits per heavy atom. The van der Waals surface area contributed by atoms with Crippen molar-refractivity contribution in [1.29, 1.82) is 0 Å². The van der Waals surface area contributed by atoms with Gasteiger partial charge >= 0.3 is 0 Å². The monoisotopic (exact) mass is 265 g/mol. The Kier molecular flexibility index (Phi) is 5.63. The van der Waals surface area contributed by atoms with Crippen LogP contribution in [0.4, 0.5) is 0 Å². The predicted molar refractivity (Wildman–Crippen MR) is 74.4 cm³/mol. The third-order valence-electron chi connectivity index (χ3n) is 3.62. The first-order valence-electron chi connectivity index (χ1n) is 6.91. The minimum atomic E-state index is 0.0991. The van der Waals surface area contributed by atoms with Gasteiger partial charge < -0.3 is 14.6 Å². The maximum Gasteiger partial charge on any atom is 0.118 e. The third-order valence-corrected chi connectivity index (χ3v) is 3.62. The van der Waals surface area contributed by atoms with Gasteiger partial charge in [-0.05, 0) is 37.1 Å². The summed E-state index contributed by atoms with van der Waals surface area (Å²) in [6.07, 6.45) is 2.43. The van der Waals surface area contributed by atoms with Crippen LogP contribution in [-0.2, 0) is 4.74 Å². The van der Waals surface area contributed by atoms with E-state index in [1.54, 1.807) is 7.11 Å². The SMILES string of the molecule is COc1ccc(C2CCCN2CCOCCO)cc1. The molecule has 1 saturated heterocycles. The van der Waals surface area contributed by atoms with E-state index in [1.807, 2.05) is 12.1 Å². The fourth-order valence-electron chi connectivity index (χ4n) is 2.65. The Hall–Kier alpha value is -1.10. The van der Waals surface area contributed by atoms with E-state index >= 15 is 0 Å². The lowest BCUT2D eigenvalue weighted by molar-refractivity contribution is 0.0709. The Balaban J connectivity index is 1.89. The molecule has 0 saturated carbocycles. The molecule has 1 atom stereocenters. The maximum atomic E-state index is 8.69. The van der Waals surface area contributed by atoms with Crippen molar-refractivity contribution >= 4 is 0 Å². The highest BCUT2D eigenvalue weighted by atomic mass is 16.5. The summed E-state index contributed by atoms with van der Waals surface area (Å²) in [4.78, 5) is 2.46. The van der Waals surface area contributed by atoms with Crippen LogP contribution in [0.2, 0.25) is 0 Å². The van der Waals surface area contributed by atoms with E-state index in [-0.39, 0.29) is 6.61 Å². The molecule has 19 heavy (non-hydrogen) atoms. The van der Waals surface area contributed by atoms with Crippen molar-refractivity contribution in [2.24, 2.45) is 0 Å². The average molecular weight is 265 g/mol. The molecule has 1 aliphatic rings. The van der Waals surface area contributed by atoms with Crippen molar-refractivity contribution in [3.8, 4) is 5.75 Å². The van der Waals surface area contributed by atoms with Crippen LogP contribution in [0.25, 0.3) is 0 Å². The Morgan fingerprint density at radius 1 is 1.26 bits per heavy atom. The van der Waals surface area contributed by atoms with E-state index in [9.17, 15) is 0 Å². The maximum absolute atomic E-state index is 8.69. The molecule has 0 aliphatic carbocycles. The van der Waals surface area contributed by atoms with E-state index < -0.39 is 0 Å². The first kappa shape index (κ1) is 14.3. The van der Waals surface area contributed by atoms with Gasteiger partial charge in [0.05, 0.1) is 26.9 Å². The van der Waals surface area contributed by atoms with Crippen LogP contribution in [0.1, 0.15) is 24.4 Å². The van der Waals surface area contributed by atoms with Gasteiger partial charge in [-0.3, -0.25) is 4.90 Å². The summed E-state index contributed by atoms with van der Waals surface area (Å²) in [6.45, 7) is 3.27. The van der Waals surface area contributed by atoms with E-state index in [2.05, 4.69) is 17.0 Å². The molecular formula is C15H23NO3. The number of ether oxygens (including phenoxy) is 2. The van der Waals surface area contributed by atoms with Gasteiger partial charge in [0.25, 0.3) is 0 Å². The minimum Gasteiger partial charge on any atom is -0.497 e. The van der Waals surface area contributed by atoms with Gasteiger partial charge in [0, 0.05) is 12.6 Å². The van der Waals surface area contributed by atoms with Crippen LogP contribution in [0.3, 0.4) is 0 Å². The lowest BCUT2D eigenvalue weighted by Crippen LogP contribution is -2.27. The first-order chi connectivity index (χ1) is 9.35. The largest absolute Gasteiger partial charge is 0.497 e. The second kappa shape index (κ2) is 7.48. The number of benzene rings is 1. The summed E-state index contributed by atoms with van der Waals surface area (Å²) in [7, 11) is 1.69. The van der Waals surface area contributed by atoms with Crippen LogP contribution >= 0.6 is 0 Å². The summed E-state index contributed by atoms with van der Waals surface area (Å²) in [5.74, 6) is 0.902. The van der Waals surface area contributed by atoms with Gasteiger partial charge in [-0.2, -0.15) is 0 Å². The average Bonchev–Trinajstić information content (AvgIpc) is 2.92. The molecule has 0 spiro atoms. The summed E-state index contributed by atoms with van der Waals surface area (Å²) in [6, 6.07) is 8.83. The van der Waals surface area contributed by atoms with Crippen LogP contribution < -0.4 is 4.74 Å². The summed E-state index contributed by atoms with van der Waals surface area (Å²) < 4.78 is 10.5. The molecule has 1 aromatic rings. The molecule has 0 radical (unpaired) electrons. The minimum absolute atomic E-state index is 0.0991. The van der Waals surface area contributed by atoms with Crippen molar-refractivity contribution in [3.05, 3.63) is 29.8 Å². The van der Waals surface area contributed by atoms with Gasteiger partial charge in [-0.1, -0.05) is 12.1 Å². The van der Waals surface area contributed by atoms with Crippen molar-refractivity contribution in [3.63, 3.8) is 0 Å². The van der Waals surface area contributed by atoms with Crippen LogP contribution in [-0.4, -0.2) is 50.0 Å². The molecule has 1 N–H and O–H groups in total. The van der Waals surface area contributed by atoms with Crippen molar-refractivity contribution in [2.75, 3.05) is 40.0 Å². The molecule has 0 amide bonds. The highest BCUT2D eigenvalue weighted by molar-refractivity contribution is 5.29. The number of hydrogen-bond acceptors (Lipinski definition) is 4. The Labute approximate surface area is 114 Å². The Bertz CT molecular complexity index is 366. The summed E-state index contributed by atoms with van der Waals surface area (Å²) in [5.41, 5.74) is 1.35.